The van der Waals surface area contributed by atoms with Crippen molar-refractivity contribution in [2.75, 3.05) is 39.4 Å². The smallest absolute Gasteiger partial charge is 0.248 e. The summed E-state index contributed by atoms with van der Waals surface area (Å²) in [6.07, 6.45) is 8.60. The number of likely N-dealkylation sites (tertiary alicyclic amines) is 1. The standard InChI is InChI=1S/C81H142N26O20/c1-43(2)36-54(73(123)106-81(5,6)77(127)105-63(44(3)110)75(125)98-51(28-18-34-93-80(89)90)65(115)96-52(30-31-61(82)112)68(118)95-49(26-16-32-91-78(85)86)66(116)99-53(64(84)114)37-46-20-10-7-11-21-46)100-71(121)57(40-62(83)113)103-70(120)55(38-47-22-12-8-13-23-47)101-69(119)56(39-48-24-14-9-15-25-48)102-72(122)58(41-108)104-67(117)50(27-17-33-92-79(87)88)97-74(124)60-29-19-35-107(60)76(126)59(42-109)94-45(4)111/h43-44,46-60,63,108-110H,7-42H2,1-6H3,(H2,82,112)(H2,83,113)(H2,84,114)(H,94,111)(H,95,118)(H,96,115)(H,97,124)(H,98,125)(H,99,116)(H,100,121)(H,101,119)(H,102,122)(H,103,120)(H,104,117)(H,105,127)(H,106,123)(H4,85,86,91)(H4,87,88,92)(H4,89,90,93)/t44-,49+,50+,51+,52+,53+,54+,55+,56+,57+,58+,59+,60-,63+/m1/s1. The van der Waals surface area contributed by atoms with Crippen LogP contribution in [0.15, 0.2) is 15.0 Å². The summed E-state index contributed by atoms with van der Waals surface area (Å²) >= 11 is 0. The van der Waals surface area contributed by atoms with Gasteiger partial charge in [-0.15, -0.1) is 0 Å². The quantitative estimate of drug-likeness (QED) is 0.0153. The van der Waals surface area contributed by atoms with Crippen LogP contribution in [-0.4, -0.2) is 268 Å². The third-order valence-corrected chi connectivity index (χ3v) is 22.8. The van der Waals surface area contributed by atoms with Crippen LogP contribution in [0.1, 0.15) is 234 Å². The maximum absolute atomic E-state index is 15.0. The van der Waals surface area contributed by atoms with Crippen molar-refractivity contribution in [2.45, 2.75) is 324 Å². The van der Waals surface area contributed by atoms with Crippen molar-refractivity contribution >= 4 is 118 Å². The predicted octanol–water partition coefficient (Wildman–Crippen LogP) is -7.18. The Bertz CT molecular complexity index is 3800. The maximum Gasteiger partial charge on any atom is 0.248 e. The van der Waals surface area contributed by atoms with Crippen molar-refractivity contribution in [2.24, 2.45) is 90.3 Å². The number of hydrogen-bond acceptors (Lipinski definition) is 23. The first-order valence-electron chi connectivity index (χ1n) is 44.1. The van der Waals surface area contributed by atoms with Gasteiger partial charge in [0.2, 0.25) is 100 Å². The number of hydrogen-bond donors (Lipinski definition) is 25. The molecule has 3 aliphatic carbocycles. The van der Waals surface area contributed by atoms with E-state index in [1.54, 1.807) is 13.8 Å². The highest BCUT2D eigenvalue weighted by Crippen LogP contribution is 2.31. The second-order valence-corrected chi connectivity index (χ2v) is 34.5. The molecule has 716 valence electrons. The lowest BCUT2D eigenvalue weighted by Gasteiger charge is -2.32. The molecule has 0 radical (unpaired) electrons. The third kappa shape index (κ3) is 39.6. The summed E-state index contributed by atoms with van der Waals surface area (Å²) in [5.74, 6) is -17.6. The summed E-state index contributed by atoms with van der Waals surface area (Å²) in [6, 6.07) is -19.8. The first-order chi connectivity index (χ1) is 59.9. The van der Waals surface area contributed by atoms with Crippen LogP contribution in [0, 0.1) is 23.7 Å². The van der Waals surface area contributed by atoms with Crippen molar-refractivity contribution in [3.05, 3.63) is 0 Å². The zero-order chi connectivity index (χ0) is 94.8. The molecule has 4 fully saturated rings. The molecule has 1 saturated heterocycles. The molecule has 0 aromatic heterocycles. The molecule has 0 aromatic carbocycles. The van der Waals surface area contributed by atoms with Gasteiger partial charge in [-0.05, 0) is 128 Å². The lowest BCUT2D eigenvalue weighted by atomic mass is 9.83. The number of rotatable bonds is 55. The maximum atomic E-state index is 15.0. The summed E-state index contributed by atoms with van der Waals surface area (Å²) < 4.78 is 0. The zero-order valence-electron chi connectivity index (χ0n) is 74.1. The van der Waals surface area contributed by atoms with Crippen LogP contribution < -0.4 is 121 Å². The van der Waals surface area contributed by atoms with E-state index in [0.29, 0.717) is 32.1 Å². The molecule has 0 aromatic rings. The van der Waals surface area contributed by atoms with Gasteiger partial charge in [0.05, 0.1) is 25.7 Å². The molecule has 14 atom stereocenters. The fraction of sp³-hybridized carbons (Fsp3) is 0.753. The molecule has 0 bridgehead atoms. The first kappa shape index (κ1) is 108. The third-order valence-electron chi connectivity index (χ3n) is 22.8. The fourth-order valence-electron chi connectivity index (χ4n) is 16.0. The number of primary amides is 3. The number of carbonyl (C=O) groups is 17. The number of amides is 17. The average Bonchev–Trinajstić information content (AvgIpc) is 1.75. The molecule has 34 N–H and O–H groups in total. The van der Waals surface area contributed by atoms with E-state index >= 15 is 4.79 Å². The highest BCUT2D eigenvalue weighted by atomic mass is 16.3. The summed E-state index contributed by atoms with van der Waals surface area (Å²) in [7, 11) is 0. The average molecular weight is 1800 g/mol. The number of carbonyl (C=O) groups excluding carboxylic acids is 17. The fourth-order valence-corrected chi connectivity index (χ4v) is 16.0. The topological polar surface area (TPSA) is 782 Å². The van der Waals surface area contributed by atoms with Gasteiger partial charge in [0.25, 0.3) is 0 Å². The molecular formula is C81H142N26O20. The molecule has 1 aliphatic heterocycles. The van der Waals surface area contributed by atoms with Crippen molar-refractivity contribution in [1.82, 2.24) is 74.0 Å². The van der Waals surface area contributed by atoms with E-state index in [9.17, 15) is 92.0 Å². The summed E-state index contributed by atoms with van der Waals surface area (Å²) in [4.78, 5) is 250. The normalized spacial score (nSPS) is 18.1. The minimum Gasteiger partial charge on any atom is -0.394 e. The Kier molecular flexibility index (Phi) is 47.0. The summed E-state index contributed by atoms with van der Waals surface area (Å²) in [5.41, 5.74) is 48.2. The van der Waals surface area contributed by atoms with Gasteiger partial charge in [0.15, 0.2) is 17.9 Å². The number of aliphatic hydroxyl groups excluding tert-OH is 3. The SMILES string of the molecule is CC(=O)N[C@@H](CO)C(=O)N1CCC[C@@H]1C(=O)N[C@@H](CCCN=C(N)N)C(=O)N[C@@H](CO)C(=O)N[C@@H](CC1CCCCC1)C(=O)N[C@@H](CC1CCCCC1)C(=O)N[C@@H](CC(N)=O)C(=O)N[C@@H](CC(C)C)C(=O)NC(C)(C)C(=O)N[C@H](C(=O)N[C@@H](CCCN=C(N)N)C(=O)N[C@@H](CCC(N)=O)C(=O)N[C@@H](CCCN=C(N)N)C(=O)N[C@@H](CC1CCCCC1)C(N)=O)[C@@H](C)O. The largest absolute Gasteiger partial charge is 0.394 e. The molecule has 4 aliphatic rings. The van der Waals surface area contributed by atoms with Crippen LogP contribution in [0.25, 0.3) is 0 Å². The number of aliphatic hydroxyl groups is 3. The molecule has 17 amide bonds. The Morgan fingerprint density at radius 3 is 1.15 bits per heavy atom. The van der Waals surface area contributed by atoms with Gasteiger partial charge in [-0.25, -0.2) is 0 Å². The number of nitrogens with one attached hydrogen (secondary N) is 13. The minimum absolute atomic E-state index is 0.00648. The van der Waals surface area contributed by atoms with Gasteiger partial charge >= 0.3 is 0 Å². The number of nitrogens with zero attached hydrogens (tertiary/aromatic N) is 4. The lowest BCUT2D eigenvalue weighted by Crippen LogP contribution is -2.65. The van der Waals surface area contributed by atoms with Gasteiger partial charge < -0.3 is 141 Å². The van der Waals surface area contributed by atoms with Crippen LogP contribution in [-0.2, 0) is 81.5 Å². The Morgan fingerprint density at radius 1 is 0.394 bits per heavy atom. The number of guanidine groups is 3. The van der Waals surface area contributed by atoms with E-state index in [2.05, 4.69) is 84.1 Å². The summed E-state index contributed by atoms with van der Waals surface area (Å²) in [6.45, 7) is 6.24. The van der Waals surface area contributed by atoms with Crippen molar-refractivity contribution in [3.8, 4) is 0 Å². The molecule has 1 heterocycles. The van der Waals surface area contributed by atoms with E-state index in [-0.39, 0.29) is 132 Å². The lowest BCUT2D eigenvalue weighted by molar-refractivity contribution is -0.143. The van der Waals surface area contributed by atoms with Gasteiger partial charge in [-0.3, -0.25) is 96.5 Å². The molecule has 46 heteroatoms. The van der Waals surface area contributed by atoms with E-state index < -0.39 is 229 Å². The molecular weight excluding hydrogens is 1660 g/mol. The highest BCUT2D eigenvalue weighted by molar-refractivity contribution is 6.02. The number of nitrogens with two attached hydrogens (primary N) is 9. The predicted molar refractivity (Wildman–Crippen MR) is 466 cm³/mol. The molecule has 0 spiro atoms. The molecule has 3 saturated carbocycles. The Hall–Kier alpha value is -11.3. The van der Waals surface area contributed by atoms with Gasteiger partial charge in [0.1, 0.15) is 84.1 Å². The van der Waals surface area contributed by atoms with E-state index in [0.717, 1.165) is 84.5 Å². The van der Waals surface area contributed by atoms with Crippen molar-refractivity contribution in [1.29, 1.82) is 0 Å². The van der Waals surface area contributed by atoms with Crippen LogP contribution in [0.2, 0.25) is 0 Å². The second kappa shape index (κ2) is 55.3. The van der Waals surface area contributed by atoms with Crippen LogP contribution >= 0.6 is 0 Å². The first-order valence-corrected chi connectivity index (χ1v) is 44.1. The van der Waals surface area contributed by atoms with Gasteiger partial charge in [0, 0.05) is 39.5 Å². The molecule has 46 nitrogen and oxygen atoms in total. The summed E-state index contributed by atoms with van der Waals surface area (Å²) in [5, 5.41) is 65.1. The molecule has 4 rings (SSSR count). The van der Waals surface area contributed by atoms with Gasteiger partial charge in [-0.1, -0.05) is 110 Å². The van der Waals surface area contributed by atoms with E-state index in [1.807, 2.05) is 0 Å². The highest BCUT2D eigenvalue weighted by Gasteiger charge is 2.43. The van der Waals surface area contributed by atoms with Crippen molar-refractivity contribution in [3.63, 3.8) is 0 Å². The van der Waals surface area contributed by atoms with Crippen molar-refractivity contribution < 1.29 is 96.8 Å². The Labute approximate surface area is 740 Å². The number of aliphatic imine (C=N–C) groups is 3. The molecule has 0 unspecified atom stereocenters. The van der Waals surface area contributed by atoms with E-state index in [4.69, 9.17) is 51.6 Å². The van der Waals surface area contributed by atoms with Gasteiger partial charge in [-0.2, -0.15) is 0 Å². The monoisotopic (exact) mass is 1800 g/mol. The zero-order valence-corrected chi connectivity index (χ0v) is 74.1. The van der Waals surface area contributed by atoms with E-state index in [1.165, 1.54) is 18.7 Å². The second-order valence-electron chi connectivity index (χ2n) is 34.5. The minimum atomic E-state index is -2.04. The molecule has 127 heavy (non-hydrogen) atoms. The Balaban J connectivity index is 1.60. The van der Waals surface area contributed by atoms with Crippen LogP contribution in [0.5, 0.6) is 0 Å². The Morgan fingerprint density at radius 2 is 0.756 bits per heavy atom. The van der Waals surface area contributed by atoms with Crippen LogP contribution in [0.3, 0.4) is 0 Å². The van der Waals surface area contributed by atoms with Crippen LogP contribution in [0.4, 0.5) is 0 Å².